The average molecular weight is 484 g/mol. The van der Waals surface area contributed by atoms with Crippen LogP contribution in [0, 0.1) is 6.92 Å². The molecule has 1 aliphatic rings. The van der Waals surface area contributed by atoms with Crippen LogP contribution in [0.25, 0.3) is 0 Å². The molecule has 0 saturated carbocycles. The van der Waals surface area contributed by atoms with Gasteiger partial charge >= 0.3 is 0 Å². The highest BCUT2D eigenvalue weighted by molar-refractivity contribution is 7.95. The molecule has 0 spiro atoms. The number of carbonyl (C=O) groups excluding carboxylic acids is 1. The fourth-order valence-electron chi connectivity index (χ4n) is 3.82. The van der Waals surface area contributed by atoms with Crippen LogP contribution in [0.15, 0.2) is 88.4 Å². The number of rotatable bonds is 6. The number of aryl methyl sites for hydroxylation is 1. The van der Waals surface area contributed by atoms with E-state index < -0.39 is 27.5 Å². The predicted molar refractivity (Wildman–Crippen MR) is 126 cm³/mol. The second-order valence-electron chi connectivity index (χ2n) is 7.76. The maximum atomic E-state index is 13.6. The lowest BCUT2D eigenvalue weighted by Crippen LogP contribution is -2.30. The summed E-state index contributed by atoms with van der Waals surface area (Å²) in [5.74, 6) is -0.871. The summed E-state index contributed by atoms with van der Waals surface area (Å²) >= 11 is 6.04. The fraction of sp³-hybridized carbons (Fsp3) is 0.160. The normalized spacial score (nSPS) is 16.4. The average Bonchev–Trinajstić information content (AvgIpc) is 3.06. The highest BCUT2D eigenvalue weighted by Gasteiger charge is 2.46. The Balaban J connectivity index is 1.82. The largest absolute Gasteiger partial charge is 0.502 e. The smallest absolute Gasteiger partial charge is 0.290 e. The van der Waals surface area contributed by atoms with Crippen molar-refractivity contribution in [1.82, 2.24) is 4.90 Å². The Morgan fingerprint density at radius 2 is 1.58 bits per heavy atom. The molecule has 3 aromatic rings. The summed E-state index contributed by atoms with van der Waals surface area (Å²) in [6.07, 6.45) is 0. The first-order chi connectivity index (χ1) is 15.7. The third kappa shape index (κ3) is 4.34. The lowest BCUT2D eigenvalue weighted by Gasteiger charge is -2.27. The van der Waals surface area contributed by atoms with E-state index in [1.54, 1.807) is 67.8 Å². The van der Waals surface area contributed by atoms with Gasteiger partial charge in [-0.2, -0.15) is 0 Å². The van der Waals surface area contributed by atoms with Crippen molar-refractivity contribution in [2.45, 2.75) is 24.4 Å². The summed E-state index contributed by atoms with van der Waals surface area (Å²) in [5.41, 5.74) is 2.17. The van der Waals surface area contributed by atoms with E-state index in [0.29, 0.717) is 16.3 Å². The lowest BCUT2D eigenvalue weighted by molar-refractivity contribution is -0.130. The molecule has 1 atom stereocenters. The number of halogens is 1. The molecule has 4 rings (SSSR count). The van der Waals surface area contributed by atoms with E-state index in [-0.39, 0.29) is 16.3 Å². The second-order valence-corrected chi connectivity index (χ2v) is 10.1. The predicted octanol–water partition coefficient (Wildman–Crippen LogP) is 4.98. The van der Waals surface area contributed by atoms with Crippen LogP contribution in [-0.2, 0) is 21.2 Å². The number of nitrogens with zero attached hydrogens (tertiary/aromatic N) is 1. The maximum Gasteiger partial charge on any atom is 0.290 e. The molecule has 1 heterocycles. The first-order valence-electron chi connectivity index (χ1n) is 10.2. The molecule has 170 valence electrons. The summed E-state index contributed by atoms with van der Waals surface area (Å²) in [7, 11) is -2.61. The number of aliphatic hydroxyl groups is 1. The van der Waals surface area contributed by atoms with E-state index in [1.807, 2.05) is 6.92 Å². The molecule has 8 heteroatoms. The molecule has 0 bridgehead atoms. The zero-order valence-electron chi connectivity index (χ0n) is 18.0. The quantitative estimate of drug-likeness (QED) is 0.534. The van der Waals surface area contributed by atoms with Crippen LogP contribution >= 0.6 is 11.6 Å². The van der Waals surface area contributed by atoms with Gasteiger partial charge in [0, 0.05) is 11.6 Å². The van der Waals surface area contributed by atoms with E-state index in [0.717, 1.165) is 11.1 Å². The van der Waals surface area contributed by atoms with Gasteiger partial charge < -0.3 is 14.7 Å². The van der Waals surface area contributed by atoms with Gasteiger partial charge in [-0.25, -0.2) is 8.42 Å². The summed E-state index contributed by atoms with van der Waals surface area (Å²) in [5, 5.41) is 11.3. The number of sulfone groups is 1. The summed E-state index contributed by atoms with van der Waals surface area (Å²) < 4.78 is 32.4. The Labute approximate surface area is 197 Å². The van der Waals surface area contributed by atoms with Gasteiger partial charge in [0.15, 0.2) is 5.76 Å². The molecule has 1 N–H and O–H groups in total. The van der Waals surface area contributed by atoms with Gasteiger partial charge in [0.1, 0.15) is 10.7 Å². The van der Waals surface area contributed by atoms with Gasteiger partial charge in [0.2, 0.25) is 9.84 Å². The lowest BCUT2D eigenvalue weighted by atomic mass is 10.1. The van der Waals surface area contributed by atoms with Crippen LogP contribution in [0.4, 0.5) is 0 Å². The fourth-order valence-corrected chi connectivity index (χ4v) is 5.59. The van der Waals surface area contributed by atoms with Crippen molar-refractivity contribution in [3.63, 3.8) is 0 Å². The second kappa shape index (κ2) is 8.92. The molecular weight excluding hydrogens is 462 g/mol. The van der Waals surface area contributed by atoms with Crippen LogP contribution in [0.2, 0.25) is 5.02 Å². The summed E-state index contributed by atoms with van der Waals surface area (Å²) in [4.78, 5) is 14.1. The molecule has 1 unspecified atom stereocenters. The SMILES string of the molecule is COc1ccc(CN2C(=O)C(O)=C(S(=O)(=O)c3ccc(C)cc3)C2c2ccc(Cl)cc2)cc1. The molecule has 1 amide bonds. The third-order valence-electron chi connectivity index (χ3n) is 5.58. The van der Waals surface area contributed by atoms with E-state index in [2.05, 4.69) is 0 Å². The van der Waals surface area contributed by atoms with Gasteiger partial charge in [0.05, 0.1) is 18.0 Å². The molecular formula is C25H22ClNO5S. The van der Waals surface area contributed by atoms with Crippen LogP contribution < -0.4 is 4.74 Å². The standard InChI is InChI=1S/C25H22ClNO5S/c1-16-3-13-21(14-4-16)33(30,31)24-22(18-7-9-19(26)10-8-18)27(25(29)23(24)28)15-17-5-11-20(32-2)12-6-17/h3-14,22,28H,15H2,1-2H3. The Hall–Kier alpha value is -3.29. The molecule has 0 radical (unpaired) electrons. The number of hydrogen-bond donors (Lipinski definition) is 1. The van der Waals surface area contributed by atoms with Gasteiger partial charge in [-0.1, -0.05) is 53.6 Å². The number of methoxy groups -OCH3 is 1. The number of benzene rings is 3. The van der Waals surface area contributed by atoms with Crippen LogP contribution in [0.3, 0.4) is 0 Å². The molecule has 1 aliphatic heterocycles. The number of hydrogen-bond acceptors (Lipinski definition) is 5. The first kappa shape index (κ1) is 22.9. The third-order valence-corrected chi connectivity index (χ3v) is 7.72. The highest BCUT2D eigenvalue weighted by atomic mass is 35.5. The monoisotopic (exact) mass is 483 g/mol. The highest BCUT2D eigenvalue weighted by Crippen LogP contribution is 2.43. The van der Waals surface area contributed by atoms with Crippen molar-refractivity contribution in [3.8, 4) is 5.75 Å². The number of aliphatic hydroxyl groups excluding tert-OH is 1. The Morgan fingerprint density at radius 3 is 2.15 bits per heavy atom. The van der Waals surface area contributed by atoms with E-state index in [9.17, 15) is 18.3 Å². The van der Waals surface area contributed by atoms with Crippen molar-refractivity contribution in [3.05, 3.63) is 105 Å². The molecule has 3 aromatic carbocycles. The van der Waals surface area contributed by atoms with Gasteiger partial charge in [-0.15, -0.1) is 0 Å². The minimum Gasteiger partial charge on any atom is -0.502 e. The van der Waals surface area contributed by atoms with Crippen molar-refractivity contribution >= 4 is 27.3 Å². The number of carbonyl (C=O) groups is 1. The number of ether oxygens (including phenoxy) is 1. The zero-order chi connectivity index (χ0) is 23.8. The number of amides is 1. The van der Waals surface area contributed by atoms with Gasteiger partial charge in [0.25, 0.3) is 5.91 Å². The topological polar surface area (TPSA) is 83.9 Å². The summed E-state index contributed by atoms with van der Waals surface area (Å²) in [6.45, 7) is 1.94. The van der Waals surface area contributed by atoms with E-state index >= 15 is 0 Å². The van der Waals surface area contributed by atoms with Crippen LogP contribution in [0.1, 0.15) is 22.7 Å². The Kier molecular flexibility index (Phi) is 6.19. The first-order valence-corrected chi connectivity index (χ1v) is 12.0. The van der Waals surface area contributed by atoms with Crippen LogP contribution in [0.5, 0.6) is 5.75 Å². The molecule has 0 saturated heterocycles. The Bertz CT molecular complexity index is 1310. The van der Waals surface area contributed by atoms with Crippen molar-refractivity contribution in [1.29, 1.82) is 0 Å². The minimum atomic E-state index is -4.17. The van der Waals surface area contributed by atoms with Crippen molar-refractivity contribution < 1.29 is 23.1 Å². The molecule has 0 aromatic heterocycles. The summed E-state index contributed by atoms with van der Waals surface area (Å²) in [6, 6.07) is 18.9. The van der Waals surface area contributed by atoms with E-state index in [4.69, 9.17) is 16.3 Å². The minimum absolute atomic E-state index is 0.00714. The molecule has 0 fully saturated rings. The van der Waals surface area contributed by atoms with Crippen molar-refractivity contribution in [2.75, 3.05) is 7.11 Å². The molecule has 6 nitrogen and oxygen atoms in total. The van der Waals surface area contributed by atoms with E-state index in [1.165, 1.54) is 17.0 Å². The van der Waals surface area contributed by atoms with Gasteiger partial charge in [-0.3, -0.25) is 4.79 Å². The maximum absolute atomic E-state index is 13.6. The van der Waals surface area contributed by atoms with Crippen molar-refractivity contribution in [2.24, 2.45) is 0 Å². The van der Waals surface area contributed by atoms with Gasteiger partial charge in [-0.05, 0) is 54.4 Å². The Morgan fingerprint density at radius 1 is 0.970 bits per heavy atom. The van der Waals surface area contributed by atoms with Crippen LogP contribution in [-0.4, -0.2) is 31.4 Å². The zero-order valence-corrected chi connectivity index (χ0v) is 19.6. The molecule has 33 heavy (non-hydrogen) atoms. The molecule has 0 aliphatic carbocycles.